The summed E-state index contributed by atoms with van der Waals surface area (Å²) in [5.41, 5.74) is -0.830. The Labute approximate surface area is 194 Å². The van der Waals surface area contributed by atoms with Crippen molar-refractivity contribution < 1.29 is 17.9 Å². The van der Waals surface area contributed by atoms with E-state index in [0.29, 0.717) is 23.5 Å². The highest BCUT2D eigenvalue weighted by Gasteiger charge is 2.32. The first-order chi connectivity index (χ1) is 16.7. The monoisotopic (exact) mass is 480 g/mol. The predicted molar refractivity (Wildman–Crippen MR) is 118 cm³/mol. The molecular weight excluding hydrogens is 465 g/mol. The smallest absolute Gasteiger partial charge is 0.417 e. The summed E-state index contributed by atoms with van der Waals surface area (Å²) in [6, 6.07) is 8.19. The van der Waals surface area contributed by atoms with Crippen LogP contribution in [0.5, 0.6) is 11.5 Å². The highest BCUT2D eigenvalue weighted by atomic mass is 19.4. The largest absolute Gasteiger partial charge is 0.450 e. The van der Waals surface area contributed by atoms with Gasteiger partial charge >= 0.3 is 6.18 Å². The van der Waals surface area contributed by atoms with Crippen LogP contribution in [0.1, 0.15) is 11.1 Å². The number of imidazole rings is 1. The molecule has 1 N–H and O–H groups in total. The summed E-state index contributed by atoms with van der Waals surface area (Å²) < 4.78 is 49.5. The SMILES string of the molecule is Cn1cc(C(F)(F)F)cc(Nc2nc3ncc(Oc4cnn5ccccc45)c(C#N)c3n2C)c1=O. The zero-order valence-electron chi connectivity index (χ0n) is 18.2. The van der Waals surface area contributed by atoms with Crippen LogP contribution in [0.2, 0.25) is 0 Å². The Morgan fingerprint density at radius 3 is 2.71 bits per heavy atom. The summed E-state index contributed by atoms with van der Waals surface area (Å²) >= 11 is 0. The Bertz CT molecular complexity index is 1710. The molecule has 5 aromatic rings. The van der Waals surface area contributed by atoms with Gasteiger partial charge in [0, 0.05) is 26.5 Å². The third-order valence-electron chi connectivity index (χ3n) is 5.34. The molecule has 0 aliphatic carbocycles. The molecule has 0 aromatic carbocycles. The van der Waals surface area contributed by atoms with Crippen LogP contribution in [-0.2, 0) is 20.3 Å². The Balaban J connectivity index is 1.58. The fourth-order valence-corrected chi connectivity index (χ4v) is 3.64. The second-order valence-corrected chi connectivity index (χ2v) is 7.60. The fourth-order valence-electron chi connectivity index (χ4n) is 3.64. The first-order valence-corrected chi connectivity index (χ1v) is 10.1. The summed E-state index contributed by atoms with van der Waals surface area (Å²) in [5.74, 6) is 0.563. The second kappa shape index (κ2) is 7.87. The number of aromatic nitrogens is 6. The first-order valence-electron chi connectivity index (χ1n) is 10.1. The lowest BCUT2D eigenvalue weighted by atomic mass is 10.2. The van der Waals surface area contributed by atoms with Crippen molar-refractivity contribution in [2.75, 3.05) is 5.32 Å². The molecule has 5 aromatic heterocycles. The topological polar surface area (TPSA) is 115 Å². The Morgan fingerprint density at radius 1 is 1.17 bits per heavy atom. The molecule has 0 fully saturated rings. The van der Waals surface area contributed by atoms with Crippen molar-refractivity contribution in [3.05, 3.63) is 70.5 Å². The zero-order chi connectivity index (χ0) is 24.9. The number of ether oxygens (including phenoxy) is 1. The number of nitrogens with one attached hydrogen (secondary N) is 1. The maximum atomic E-state index is 13.2. The molecule has 10 nitrogen and oxygen atoms in total. The summed E-state index contributed by atoms with van der Waals surface area (Å²) in [7, 11) is 2.76. The van der Waals surface area contributed by atoms with Crippen molar-refractivity contribution in [3.8, 4) is 17.6 Å². The predicted octanol–water partition coefficient (Wildman–Crippen LogP) is 3.74. The number of rotatable bonds is 4. The molecule has 5 heterocycles. The van der Waals surface area contributed by atoms with Crippen LogP contribution in [0, 0.1) is 11.3 Å². The number of alkyl halides is 3. The zero-order valence-corrected chi connectivity index (χ0v) is 18.2. The number of hydrogen-bond donors (Lipinski definition) is 1. The van der Waals surface area contributed by atoms with E-state index in [2.05, 4.69) is 26.5 Å². The molecule has 0 saturated heterocycles. The van der Waals surface area contributed by atoms with E-state index in [-0.39, 0.29) is 34.1 Å². The van der Waals surface area contributed by atoms with E-state index in [1.165, 1.54) is 31.1 Å². The van der Waals surface area contributed by atoms with Gasteiger partial charge in [-0.25, -0.2) is 9.50 Å². The van der Waals surface area contributed by atoms with Crippen molar-refractivity contribution in [1.82, 2.24) is 28.7 Å². The van der Waals surface area contributed by atoms with Crippen molar-refractivity contribution in [3.63, 3.8) is 0 Å². The third-order valence-corrected chi connectivity index (χ3v) is 5.34. The minimum Gasteiger partial charge on any atom is -0.450 e. The van der Waals surface area contributed by atoms with Gasteiger partial charge in [0.15, 0.2) is 17.1 Å². The average molecular weight is 480 g/mol. The number of halogens is 3. The third kappa shape index (κ3) is 3.70. The maximum absolute atomic E-state index is 13.2. The van der Waals surface area contributed by atoms with E-state index < -0.39 is 17.3 Å². The number of hydrogen-bond acceptors (Lipinski definition) is 7. The highest BCUT2D eigenvalue weighted by Crippen LogP contribution is 2.34. The Morgan fingerprint density at radius 2 is 1.97 bits per heavy atom. The van der Waals surface area contributed by atoms with Crippen LogP contribution in [-0.4, -0.2) is 28.7 Å². The number of nitrogens with zero attached hydrogens (tertiary/aromatic N) is 7. The Kier molecular flexibility index (Phi) is 4.94. The second-order valence-electron chi connectivity index (χ2n) is 7.60. The summed E-state index contributed by atoms with van der Waals surface area (Å²) in [6.45, 7) is 0. The van der Waals surface area contributed by atoms with Gasteiger partial charge in [-0.2, -0.15) is 28.5 Å². The van der Waals surface area contributed by atoms with Crippen molar-refractivity contribution in [1.29, 1.82) is 5.26 Å². The minimum atomic E-state index is -4.64. The number of anilines is 2. The number of aryl methyl sites for hydroxylation is 2. The molecule has 0 aliphatic heterocycles. The number of pyridine rings is 3. The van der Waals surface area contributed by atoms with E-state index in [4.69, 9.17) is 4.74 Å². The van der Waals surface area contributed by atoms with E-state index in [9.17, 15) is 23.2 Å². The molecule has 0 atom stereocenters. The first kappa shape index (κ1) is 22.0. The van der Waals surface area contributed by atoms with Crippen molar-refractivity contribution in [2.45, 2.75) is 6.18 Å². The van der Waals surface area contributed by atoms with Gasteiger partial charge in [0.2, 0.25) is 5.95 Å². The molecule has 0 aliphatic rings. The molecule has 35 heavy (non-hydrogen) atoms. The van der Waals surface area contributed by atoms with Gasteiger partial charge in [0.05, 0.1) is 18.0 Å². The standard InChI is InChI=1S/C22H15F3N8O2/c1-31-11-12(22(23,24)25)7-14(20(31)34)29-21-30-19-18(32(21)2)13(8-26)16(9-27-19)35-17-10-28-33-6-4-3-5-15(17)33/h3-7,9-11H,1-2H3,(H,27,29,30). The van der Waals surface area contributed by atoms with Crippen LogP contribution >= 0.6 is 0 Å². The van der Waals surface area contributed by atoms with E-state index in [1.54, 1.807) is 22.8 Å². The summed E-state index contributed by atoms with van der Waals surface area (Å²) in [5, 5.41) is 16.7. The lowest BCUT2D eigenvalue weighted by Crippen LogP contribution is -2.23. The molecule has 0 saturated carbocycles. The molecule has 0 bridgehead atoms. The quantitative estimate of drug-likeness (QED) is 0.417. The number of fused-ring (bicyclic) bond motifs is 2. The lowest BCUT2D eigenvalue weighted by molar-refractivity contribution is -0.138. The van der Waals surface area contributed by atoms with Gasteiger partial charge in [-0.05, 0) is 18.2 Å². The molecule has 5 rings (SSSR count). The fraction of sp³-hybridized carbons (Fsp3) is 0.136. The summed E-state index contributed by atoms with van der Waals surface area (Å²) in [6.07, 6.45) is 0.635. The van der Waals surface area contributed by atoms with Gasteiger partial charge in [0.1, 0.15) is 28.4 Å². The van der Waals surface area contributed by atoms with Crippen LogP contribution in [0.25, 0.3) is 16.7 Å². The molecule has 0 unspecified atom stereocenters. The van der Waals surface area contributed by atoms with E-state index >= 15 is 0 Å². The van der Waals surface area contributed by atoms with Gasteiger partial charge in [-0.1, -0.05) is 6.07 Å². The summed E-state index contributed by atoms with van der Waals surface area (Å²) in [4.78, 5) is 20.9. The maximum Gasteiger partial charge on any atom is 0.417 e. The van der Waals surface area contributed by atoms with E-state index in [1.807, 2.05) is 6.07 Å². The van der Waals surface area contributed by atoms with E-state index in [0.717, 1.165) is 4.57 Å². The van der Waals surface area contributed by atoms with Crippen LogP contribution in [0.15, 0.2) is 53.8 Å². The van der Waals surface area contributed by atoms with Crippen LogP contribution in [0.3, 0.4) is 0 Å². The lowest BCUT2D eigenvalue weighted by Gasteiger charge is -2.12. The minimum absolute atomic E-state index is 0.0218. The van der Waals surface area contributed by atoms with Crippen molar-refractivity contribution >= 4 is 28.3 Å². The molecule has 176 valence electrons. The average Bonchev–Trinajstić information content (AvgIpc) is 3.37. The van der Waals surface area contributed by atoms with Gasteiger partial charge in [-0.3, -0.25) is 4.79 Å². The van der Waals surface area contributed by atoms with Gasteiger partial charge < -0.3 is 19.2 Å². The molecule has 0 amide bonds. The molecule has 13 heteroatoms. The molecule has 0 spiro atoms. The van der Waals surface area contributed by atoms with Crippen molar-refractivity contribution in [2.24, 2.45) is 14.1 Å². The number of nitriles is 1. The molecule has 0 radical (unpaired) electrons. The van der Waals surface area contributed by atoms with Gasteiger partial charge in [0.25, 0.3) is 5.56 Å². The highest BCUT2D eigenvalue weighted by molar-refractivity contribution is 5.84. The Hall–Kier alpha value is -4.86. The normalized spacial score (nSPS) is 11.7. The van der Waals surface area contributed by atoms with Crippen LogP contribution in [0.4, 0.5) is 24.8 Å². The van der Waals surface area contributed by atoms with Crippen LogP contribution < -0.4 is 15.6 Å². The van der Waals surface area contributed by atoms with Gasteiger partial charge in [-0.15, -0.1) is 0 Å². The molecular formula is C22H15F3N8O2.